The number of carbonyl (C=O) groups excluding carboxylic acids is 1. The van der Waals surface area contributed by atoms with Crippen molar-refractivity contribution >= 4 is 15.9 Å². The molecule has 0 spiro atoms. The van der Waals surface area contributed by atoms with Gasteiger partial charge >= 0.3 is 6.18 Å². The fourth-order valence-corrected chi connectivity index (χ4v) is 3.43. The SMILES string of the molecule is COc1ccc(C(=O)NCc2cccc(C(F)(F)F)c2)cc1S(=O)(=O)N(C)C. The van der Waals surface area contributed by atoms with Gasteiger partial charge in [0.05, 0.1) is 12.7 Å². The Morgan fingerprint density at radius 1 is 1.14 bits per heavy atom. The van der Waals surface area contributed by atoms with Crippen LogP contribution in [-0.4, -0.2) is 39.8 Å². The first-order valence-electron chi connectivity index (χ1n) is 8.01. The van der Waals surface area contributed by atoms with Gasteiger partial charge in [0.25, 0.3) is 5.91 Å². The highest BCUT2D eigenvalue weighted by Crippen LogP contribution is 2.30. The predicted molar refractivity (Wildman–Crippen MR) is 96.5 cm³/mol. The first-order valence-corrected chi connectivity index (χ1v) is 9.45. The molecule has 0 aliphatic rings. The molecule has 0 atom stereocenters. The lowest BCUT2D eigenvalue weighted by Crippen LogP contribution is -2.25. The van der Waals surface area contributed by atoms with Gasteiger partial charge in [0.15, 0.2) is 0 Å². The topological polar surface area (TPSA) is 75.7 Å². The van der Waals surface area contributed by atoms with Gasteiger partial charge in [-0.3, -0.25) is 4.79 Å². The van der Waals surface area contributed by atoms with E-state index < -0.39 is 27.7 Å². The smallest absolute Gasteiger partial charge is 0.416 e. The van der Waals surface area contributed by atoms with Crippen LogP contribution in [0.25, 0.3) is 0 Å². The van der Waals surface area contributed by atoms with Crippen LogP contribution in [0.15, 0.2) is 47.4 Å². The molecule has 28 heavy (non-hydrogen) atoms. The molecule has 0 heterocycles. The Balaban J connectivity index is 2.24. The van der Waals surface area contributed by atoms with Crippen molar-refractivity contribution in [1.82, 2.24) is 9.62 Å². The van der Waals surface area contributed by atoms with Crippen LogP contribution in [0.4, 0.5) is 13.2 Å². The standard InChI is InChI=1S/C18H19F3N2O4S/c1-23(2)28(25,26)16-10-13(7-8-15(16)27-3)17(24)22-11-12-5-4-6-14(9-12)18(19,20)21/h4-10H,11H2,1-3H3,(H,22,24). The van der Waals surface area contributed by atoms with Gasteiger partial charge in [-0.15, -0.1) is 0 Å². The number of amides is 1. The summed E-state index contributed by atoms with van der Waals surface area (Å²) in [5, 5.41) is 2.48. The van der Waals surface area contributed by atoms with Gasteiger partial charge in [0.2, 0.25) is 10.0 Å². The largest absolute Gasteiger partial charge is 0.495 e. The summed E-state index contributed by atoms with van der Waals surface area (Å²) in [6.07, 6.45) is -4.48. The third kappa shape index (κ3) is 4.82. The van der Waals surface area contributed by atoms with Crippen LogP contribution in [0.5, 0.6) is 5.75 Å². The second-order valence-corrected chi connectivity index (χ2v) is 8.15. The zero-order chi connectivity index (χ0) is 21.1. The van der Waals surface area contributed by atoms with Crippen molar-refractivity contribution in [2.75, 3.05) is 21.2 Å². The summed E-state index contributed by atoms with van der Waals surface area (Å²) in [7, 11) is 0.126. The molecule has 6 nitrogen and oxygen atoms in total. The number of hydrogen-bond acceptors (Lipinski definition) is 4. The van der Waals surface area contributed by atoms with Gasteiger partial charge in [0.1, 0.15) is 10.6 Å². The molecule has 152 valence electrons. The molecule has 2 aromatic rings. The van der Waals surface area contributed by atoms with Crippen LogP contribution < -0.4 is 10.1 Å². The maximum Gasteiger partial charge on any atom is 0.416 e. The lowest BCUT2D eigenvalue weighted by molar-refractivity contribution is -0.137. The normalized spacial score (nSPS) is 12.1. The third-order valence-corrected chi connectivity index (χ3v) is 5.73. The number of nitrogens with zero attached hydrogens (tertiary/aromatic N) is 1. The molecule has 0 aromatic heterocycles. The molecule has 0 radical (unpaired) electrons. The predicted octanol–water partition coefficient (Wildman–Crippen LogP) is 2.89. The van der Waals surface area contributed by atoms with E-state index in [-0.39, 0.29) is 28.3 Å². The number of methoxy groups -OCH3 is 1. The molecule has 1 N–H and O–H groups in total. The van der Waals surface area contributed by atoms with Gasteiger partial charge in [-0.25, -0.2) is 12.7 Å². The molecular weight excluding hydrogens is 397 g/mol. The van der Waals surface area contributed by atoms with E-state index in [2.05, 4.69) is 5.32 Å². The zero-order valence-corrected chi connectivity index (χ0v) is 16.2. The van der Waals surface area contributed by atoms with E-state index in [0.29, 0.717) is 0 Å². The van der Waals surface area contributed by atoms with Gasteiger partial charge in [0, 0.05) is 26.2 Å². The van der Waals surface area contributed by atoms with Crippen molar-refractivity contribution < 1.29 is 31.1 Å². The molecule has 2 rings (SSSR count). The maximum absolute atomic E-state index is 12.8. The zero-order valence-electron chi connectivity index (χ0n) is 15.4. The highest BCUT2D eigenvalue weighted by molar-refractivity contribution is 7.89. The van der Waals surface area contributed by atoms with E-state index in [1.54, 1.807) is 0 Å². The number of hydrogen-bond donors (Lipinski definition) is 1. The van der Waals surface area contributed by atoms with Crippen molar-refractivity contribution in [3.05, 3.63) is 59.2 Å². The van der Waals surface area contributed by atoms with E-state index in [4.69, 9.17) is 4.74 Å². The molecule has 0 aliphatic heterocycles. The Morgan fingerprint density at radius 3 is 2.39 bits per heavy atom. The molecule has 0 fully saturated rings. The van der Waals surface area contributed by atoms with Crippen molar-refractivity contribution in [2.24, 2.45) is 0 Å². The van der Waals surface area contributed by atoms with E-state index in [0.717, 1.165) is 22.5 Å². The number of benzene rings is 2. The molecular formula is C18H19F3N2O4S. The van der Waals surface area contributed by atoms with Crippen molar-refractivity contribution in [3.8, 4) is 5.75 Å². The Morgan fingerprint density at radius 2 is 1.82 bits per heavy atom. The summed E-state index contributed by atoms with van der Waals surface area (Å²) in [4.78, 5) is 12.2. The number of nitrogens with one attached hydrogen (secondary N) is 1. The summed E-state index contributed by atoms with van der Waals surface area (Å²) in [6.45, 7) is -0.148. The Hall–Kier alpha value is -2.59. The van der Waals surface area contributed by atoms with Gasteiger partial charge in [-0.05, 0) is 35.9 Å². The molecule has 1 amide bonds. The minimum Gasteiger partial charge on any atom is -0.495 e. The van der Waals surface area contributed by atoms with E-state index in [1.165, 1.54) is 45.5 Å². The highest BCUT2D eigenvalue weighted by Gasteiger charge is 2.30. The van der Waals surface area contributed by atoms with Crippen LogP contribution in [-0.2, 0) is 22.7 Å². The summed E-state index contributed by atoms with van der Waals surface area (Å²) in [5.74, 6) is -0.557. The first-order chi connectivity index (χ1) is 13.0. The monoisotopic (exact) mass is 416 g/mol. The van der Waals surface area contributed by atoms with E-state index >= 15 is 0 Å². The van der Waals surface area contributed by atoms with Crippen molar-refractivity contribution in [3.63, 3.8) is 0 Å². The number of sulfonamides is 1. The molecule has 0 bridgehead atoms. The highest BCUT2D eigenvalue weighted by atomic mass is 32.2. The van der Waals surface area contributed by atoms with Crippen molar-refractivity contribution in [1.29, 1.82) is 0 Å². The second kappa shape index (κ2) is 8.19. The minimum absolute atomic E-state index is 0.0354. The molecule has 0 saturated carbocycles. The average molecular weight is 416 g/mol. The fourth-order valence-electron chi connectivity index (χ4n) is 2.36. The van der Waals surface area contributed by atoms with Crippen molar-refractivity contribution in [2.45, 2.75) is 17.6 Å². The lowest BCUT2D eigenvalue weighted by Gasteiger charge is -2.15. The number of carbonyl (C=O) groups is 1. The van der Waals surface area contributed by atoms with Gasteiger partial charge in [-0.1, -0.05) is 12.1 Å². The Kier molecular flexibility index (Phi) is 6.35. The van der Waals surface area contributed by atoms with Crippen LogP contribution >= 0.6 is 0 Å². The molecule has 0 saturated heterocycles. The fraction of sp³-hybridized carbons (Fsp3) is 0.278. The van der Waals surface area contributed by atoms with Crippen LogP contribution in [0.1, 0.15) is 21.5 Å². The average Bonchev–Trinajstić information content (AvgIpc) is 2.65. The summed E-state index contributed by atoms with van der Waals surface area (Å²) < 4.78 is 69.1. The van der Waals surface area contributed by atoms with E-state index in [9.17, 15) is 26.4 Å². The van der Waals surface area contributed by atoms with Crippen LogP contribution in [0.2, 0.25) is 0 Å². The number of rotatable bonds is 6. The quantitative estimate of drug-likeness (QED) is 0.786. The molecule has 0 unspecified atom stereocenters. The molecule has 10 heteroatoms. The number of halogens is 3. The van der Waals surface area contributed by atoms with Gasteiger partial charge < -0.3 is 10.1 Å². The molecule has 0 aliphatic carbocycles. The molecule has 2 aromatic carbocycles. The third-order valence-electron chi connectivity index (χ3n) is 3.89. The summed E-state index contributed by atoms with van der Waals surface area (Å²) in [6, 6.07) is 8.45. The second-order valence-electron chi connectivity index (χ2n) is 6.03. The Bertz CT molecular complexity index is 973. The summed E-state index contributed by atoms with van der Waals surface area (Å²) in [5.41, 5.74) is -0.519. The maximum atomic E-state index is 12.8. The minimum atomic E-state index is -4.48. The first kappa shape index (κ1) is 21.7. The van der Waals surface area contributed by atoms with Crippen LogP contribution in [0.3, 0.4) is 0 Å². The summed E-state index contributed by atoms with van der Waals surface area (Å²) >= 11 is 0. The van der Waals surface area contributed by atoms with Crippen LogP contribution in [0, 0.1) is 0 Å². The number of alkyl halides is 3. The van der Waals surface area contributed by atoms with Gasteiger partial charge in [-0.2, -0.15) is 13.2 Å². The Labute approximate surface area is 161 Å². The number of ether oxygens (including phenoxy) is 1. The van der Waals surface area contributed by atoms with E-state index in [1.807, 2.05) is 0 Å². The lowest BCUT2D eigenvalue weighted by atomic mass is 10.1.